The molecular weight excluding hydrogens is 160 g/mol. The number of hydrogen-bond donors (Lipinski definition) is 1. The summed E-state index contributed by atoms with van der Waals surface area (Å²) in [6, 6.07) is 4.11. The lowest BCUT2D eigenvalue weighted by molar-refractivity contribution is 0.173. The van der Waals surface area contributed by atoms with E-state index in [2.05, 4.69) is 26.8 Å². The second-order valence-electron chi connectivity index (χ2n) is 3.65. The SMILES string of the molecule is CCC(O)c1ccc(C)c(C)c1C. The highest BCUT2D eigenvalue weighted by Gasteiger charge is 2.09. The Labute approximate surface area is 80.4 Å². The Kier molecular flexibility index (Phi) is 3.10. The molecule has 1 nitrogen and oxygen atoms in total. The third kappa shape index (κ3) is 1.92. The zero-order valence-corrected chi connectivity index (χ0v) is 8.89. The summed E-state index contributed by atoms with van der Waals surface area (Å²) in [5.41, 5.74) is 4.90. The maximum Gasteiger partial charge on any atom is 0.0790 e. The molecule has 1 N–H and O–H groups in total. The summed E-state index contributed by atoms with van der Waals surface area (Å²) in [6.45, 7) is 8.29. The van der Waals surface area contributed by atoms with Gasteiger partial charge < -0.3 is 5.11 Å². The summed E-state index contributed by atoms with van der Waals surface area (Å²) in [7, 11) is 0. The van der Waals surface area contributed by atoms with Gasteiger partial charge in [0.05, 0.1) is 6.10 Å². The highest BCUT2D eigenvalue weighted by atomic mass is 16.3. The first-order chi connectivity index (χ1) is 6.07. The van der Waals surface area contributed by atoms with E-state index in [0.29, 0.717) is 0 Å². The summed E-state index contributed by atoms with van der Waals surface area (Å²) in [5, 5.41) is 9.73. The van der Waals surface area contributed by atoms with Crippen LogP contribution in [0.5, 0.6) is 0 Å². The molecule has 0 aliphatic rings. The zero-order valence-electron chi connectivity index (χ0n) is 8.89. The van der Waals surface area contributed by atoms with Gasteiger partial charge in [0.2, 0.25) is 0 Å². The van der Waals surface area contributed by atoms with Gasteiger partial charge in [-0.2, -0.15) is 0 Å². The molecule has 0 aromatic heterocycles. The van der Waals surface area contributed by atoms with E-state index in [4.69, 9.17) is 0 Å². The minimum atomic E-state index is -0.306. The third-order valence-electron chi connectivity index (χ3n) is 2.85. The van der Waals surface area contributed by atoms with E-state index < -0.39 is 0 Å². The average Bonchev–Trinajstić information content (AvgIpc) is 2.13. The molecule has 1 aromatic rings. The molecule has 1 atom stereocenters. The number of aliphatic hydroxyl groups excluding tert-OH is 1. The smallest absolute Gasteiger partial charge is 0.0790 e. The number of aryl methyl sites for hydroxylation is 1. The van der Waals surface area contributed by atoms with E-state index >= 15 is 0 Å². The molecule has 0 aliphatic carbocycles. The molecule has 1 rings (SSSR count). The molecule has 13 heavy (non-hydrogen) atoms. The molecular formula is C12H18O. The van der Waals surface area contributed by atoms with Crippen molar-refractivity contribution in [3.8, 4) is 0 Å². The number of benzene rings is 1. The van der Waals surface area contributed by atoms with Gasteiger partial charge in [-0.3, -0.25) is 0 Å². The average molecular weight is 178 g/mol. The molecule has 0 spiro atoms. The Morgan fingerprint density at radius 3 is 2.31 bits per heavy atom. The van der Waals surface area contributed by atoms with Crippen molar-refractivity contribution in [3.63, 3.8) is 0 Å². The fourth-order valence-corrected chi connectivity index (χ4v) is 1.56. The summed E-state index contributed by atoms with van der Waals surface area (Å²) >= 11 is 0. The Hall–Kier alpha value is -0.820. The van der Waals surface area contributed by atoms with Gasteiger partial charge >= 0.3 is 0 Å². The number of rotatable bonds is 2. The van der Waals surface area contributed by atoms with E-state index in [0.717, 1.165) is 12.0 Å². The van der Waals surface area contributed by atoms with Crippen molar-refractivity contribution in [3.05, 3.63) is 34.4 Å². The standard InChI is InChI=1S/C12H18O/c1-5-12(13)11-7-6-8(2)9(3)10(11)4/h6-7,12-13H,5H2,1-4H3. The van der Waals surface area contributed by atoms with Gasteiger partial charge in [-0.1, -0.05) is 19.1 Å². The first-order valence-corrected chi connectivity index (χ1v) is 4.82. The lowest BCUT2D eigenvalue weighted by Crippen LogP contribution is -2.00. The molecule has 0 bridgehead atoms. The topological polar surface area (TPSA) is 20.2 Å². The van der Waals surface area contributed by atoms with Crippen molar-refractivity contribution in [2.45, 2.75) is 40.2 Å². The normalized spacial score (nSPS) is 13.0. The monoisotopic (exact) mass is 178 g/mol. The molecule has 0 radical (unpaired) electrons. The van der Waals surface area contributed by atoms with Gasteiger partial charge in [-0.15, -0.1) is 0 Å². The van der Waals surface area contributed by atoms with Gasteiger partial charge in [-0.05, 0) is 49.4 Å². The summed E-state index contributed by atoms with van der Waals surface area (Å²) in [4.78, 5) is 0. The first-order valence-electron chi connectivity index (χ1n) is 4.82. The minimum absolute atomic E-state index is 0.306. The molecule has 0 saturated heterocycles. The van der Waals surface area contributed by atoms with Gasteiger partial charge in [-0.25, -0.2) is 0 Å². The van der Waals surface area contributed by atoms with Crippen LogP contribution in [0.2, 0.25) is 0 Å². The predicted octanol–water partition coefficient (Wildman–Crippen LogP) is 3.06. The van der Waals surface area contributed by atoms with Crippen LogP contribution in [-0.2, 0) is 0 Å². The molecule has 0 heterocycles. The van der Waals surface area contributed by atoms with Crippen LogP contribution in [0.15, 0.2) is 12.1 Å². The van der Waals surface area contributed by atoms with Gasteiger partial charge in [0, 0.05) is 0 Å². The minimum Gasteiger partial charge on any atom is -0.388 e. The quantitative estimate of drug-likeness (QED) is 0.738. The van der Waals surface area contributed by atoms with Crippen LogP contribution < -0.4 is 0 Å². The highest BCUT2D eigenvalue weighted by Crippen LogP contribution is 2.24. The van der Waals surface area contributed by atoms with Crippen molar-refractivity contribution in [1.82, 2.24) is 0 Å². The summed E-state index contributed by atoms with van der Waals surface area (Å²) < 4.78 is 0. The fraction of sp³-hybridized carbons (Fsp3) is 0.500. The van der Waals surface area contributed by atoms with E-state index in [1.54, 1.807) is 0 Å². The second kappa shape index (κ2) is 3.93. The maximum atomic E-state index is 9.73. The predicted molar refractivity (Wildman–Crippen MR) is 55.9 cm³/mol. The molecule has 0 amide bonds. The molecule has 0 aliphatic heterocycles. The van der Waals surface area contributed by atoms with Gasteiger partial charge in [0.25, 0.3) is 0 Å². The third-order valence-corrected chi connectivity index (χ3v) is 2.85. The van der Waals surface area contributed by atoms with Crippen molar-refractivity contribution in [1.29, 1.82) is 0 Å². The van der Waals surface area contributed by atoms with E-state index in [9.17, 15) is 5.11 Å². The Balaban J connectivity index is 3.18. The van der Waals surface area contributed by atoms with E-state index in [1.165, 1.54) is 16.7 Å². The highest BCUT2D eigenvalue weighted by molar-refractivity contribution is 5.39. The van der Waals surface area contributed by atoms with Crippen LogP contribution in [-0.4, -0.2) is 5.11 Å². The number of aliphatic hydroxyl groups is 1. The van der Waals surface area contributed by atoms with Crippen LogP contribution in [0.4, 0.5) is 0 Å². The maximum absolute atomic E-state index is 9.73. The van der Waals surface area contributed by atoms with Crippen LogP contribution in [0.25, 0.3) is 0 Å². The van der Waals surface area contributed by atoms with Crippen LogP contribution in [0.3, 0.4) is 0 Å². The van der Waals surface area contributed by atoms with Crippen LogP contribution in [0, 0.1) is 20.8 Å². The first kappa shape index (κ1) is 10.3. The van der Waals surface area contributed by atoms with Gasteiger partial charge in [0.1, 0.15) is 0 Å². The second-order valence-corrected chi connectivity index (χ2v) is 3.65. The lowest BCUT2D eigenvalue weighted by Gasteiger charge is -2.15. The Bertz CT molecular complexity index is 302. The van der Waals surface area contributed by atoms with Crippen LogP contribution >= 0.6 is 0 Å². The Morgan fingerprint density at radius 2 is 1.77 bits per heavy atom. The molecule has 1 unspecified atom stereocenters. The Morgan fingerprint density at radius 1 is 1.15 bits per heavy atom. The van der Waals surface area contributed by atoms with Crippen LogP contribution in [0.1, 0.15) is 41.7 Å². The van der Waals surface area contributed by atoms with Crippen molar-refractivity contribution < 1.29 is 5.11 Å². The number of hydrogen-bond acceptors (Lipinski definition) is 1. The van der Waals surface area contributed by atoms with Crippen molar-refractivity contribution in [2.24, 2.45) is 0 Å². The van der Waals surface area contributed by atoms with Crippen molar-refractivity contribution >= 4 is 0 Å². The molecule has 1 heteroatoms. The fourth-order valence-electron chi connectivity index (χ4n) is 1.56. The van der Waals surface area contributed by atoms with E-state index in [1.807, 2.05) is 13.0 Å². The molecule has 0 fully saturated rings. The van der Waals surface area contributed by atoms with Crippen molar-refractivity contribution in [2.75, 3.05) is 0 Å². The summed E-state index contributed by atoms with van der Waals surface area (Å²) in [6.07, 6.45) is 0.475. The molecule has 0 saturated carbocycles. The lowest BCUT2D eigenvalue weighted by atomic mass is 9.95. The van der Waals surface area contributed by atoms with Gasteiger partial charge in [0.15, 0.2) is 0 Å². The largest absolute Gasteiger partial charge is 0.388 e. The summed E-state index contributed by atoms with van der Waals surface area (Å²) in [5.74, 6) is 0. The molecule has 72 valence electrons. The molecule has 1 aromatic carbocycles. The zero-order chi connectivity index (χ0) is 10.0. The van der Waals surface area contributed by atoms with E-state index in [-0.39, 0.29) is 6.10 Å².